The van der Waals surface area contributed by atoms with Crippen molar-refractivity contribution in [3.8, 4) is 0 Å². The minimum atomic E-state index is 0. The van der Waals surface area contributed by atoms with Gasteiger partial charge in [-0.2, -0.15) is 0 Å². The zero-order chi connectivity index (χ0) is 2.71. The molecule has 2 nitrogen and oxygen atoms in total. The third kappa shape index (κ3) is 158. The number of rotatable bonds is 0. The van der Waals surface area contributed by atoms with Crippen molar-refractivity contribution in [3.63, 3.8) is 0 Å². The lowest BCUT2D eigenvalue weighted by molar-refractivity contribution is 0.318. The van der Waals surface area contributed by atoms with Gasteiger partial charge >= 0.3 is 0 Å². The van der Waals surface area contributed by atoms with Gasteiger partial charge in [0.2, 0.25) is 0 Å². The van der Waals surface area contributed by atoms with E-state index in [1.165, 1.54) is 0 Å². The Kier molecular flexibility index (Phi) is 94.2. The molecule has 0 saturated heterocycles. The van der Waals surface area contributed by atoms with Crippen molar-refractivity contribution in [1.29, 1.82) is 0 Å². The fraction of sp³-hybridized carbons (Fsp3) is 1.00. The molecule has 0 heterocycles. The first-order valence-corrected chi connectivity index (χ1v) is 1.02. The van der Waals surface area contributed by atoms with Crippen LogP contribution in [0.2, 0.25) is 0 Å². The normalized spacial score (nSPS) is 3.60. The number of aliphatic hydroxyl groups excluding tert-OH is 1. The van der Waals surface area contributed by atoms with E-state index in [0.717, 1.165) is 0 Å². The third-order valence-corrected chi connectivity index (χ3v) is 0. The van der Waals surface area contributed by atoms with E-state index < -0.39 is 0 Å². The highest BCUT2D eigenvalue weighted by molar-refractivity contribution is 8.93. The van der Waals surface area contributed by atoms with Gasteiger partial charge in [-0.25, -0.2) is 0 Å². The highest BCUT2D eigenvalue weighted by atomic mass is 79.9. The lowest BCUT2D eigenvalue weighted by Crippen LogP contribution is -1.57. The molecule has 0 aliphatic heterocycles. The molecule has 0 aromatic heterocycles. The summed E-state index contributed by atoms with van der Waals surface area (Å²) in [5, 5.41) is 7.57. The van der Waals surface area contributed by atoms with Crippen molar-refractivity contribution in [2.24, 2.45) is 0 Å². The Morgan fingerprint density at radius 1 is 1.60 bits per heavy atom. The molecule has 0 saturated carbocycles. The van der Waals surface area contributed by atoms with Gasteiger partial charge in [0.15, 0.2) is 0 Å². The summed E-state index contributed by atoms with van der Waals surface area (Å²) >= 11 is 0. The lowest BCUT2D eigenvalue weighted by atomic mass is 10.9. The Bertz CT molecular complexity index is 7.61. The molecule has 0 fully saturated rings. The van der Waals surface area contributed by atoms with E-state index in [9.17, 15) is 0 Å². The van der Waals surface area contributed by atoms with Gasteiger partial charge in [-0.3, -0.25) is 0 Å². The maximum atomic E-state index is 7.57. The van der Waals surface area contributed by atoms with Crippen LogP contribution in [0.25, 0.3) is 0 Å². The maximum Gasteiger partial charge on any atom is 0.0402 e. The highest BCUT2D eigenvalue weighted by Gasteiger charge is 1.34. The number of aliphatic hydroxyl groups is 1. The Hall–Kier alpha value is 0.400. The molecule has 5 heavy (non-hydrogen) atoms. The second kappa shape index (κ2) is 26.0. The van der Waals surface area contributed by atoms with Crippen molar-refractivity contribution in [2.75, 3.05) is 6.61 Å². The molecule has 36 valence electrons. The minimum absolute atomic E-state index is 0. The first kappa shape index (κ1) is 18.2. The SMILES string of the molecule is Br.CCO.O. The van der Waals surface area contributed by atoms with E-state index >= 15 is 0 Å². The van der Waals surface area contributed by atoms with Crippen LogP contribution in [0, 0.1) is 0 Å². The first-order chi connectivity index (χ1) is 1.41. The lowest BCUT2D eigenvalue weighted by Gasteiger charge is -1.52. The van der Waals surface area contributed by atoms with E-state index in [-0.39, 0.29) is 29.1 Å². The van der Waals surface area contributed by atoms with Gasteiger partial charge in [-0.05, 0) is 6.92 Å². The molecule has 0 atom stereocenters. The van der Waals surface area contributed by atoms with Crippen LogP contribution < -0.4 is 0 Å². The number of hydrogen-bond donors (Lipinski definition) is 1. The molecule has 0 aliphatic rings. The highest BCUT2D eigenvalue weighted by Crippen LogP contribution is 1.30. The summed E-state index contributed by atoms with van der Waals surface area (Å²) < 4.78 is 0. The van der Waals surface area contributed by atoms with Crippen molar-refractivity contribution >= 4 is 17.0 Å². The van der Waals surface area contributed by atoms with Crippen LogP contribution in [0.4, 0.5) is 0 Å². The van der Waals surface area contributed by atoms with Crippen molar-refractivity contribution in [1.82, 2.24) is 0 Å². The summed E-state index contributed by atoms with van der Waals surface area (Å²) in [6.45, 7) is 1.93. The molecule has 0 aliphatic carbocycles. The molecule has 3 heteroatoms. The standard InChI is InChI=1S/C2H6O.BrH.H2O/c1-2-3;;/h3H,2H2,1H3;1H;1H2. The predicted molar refractivity (Wildman–Crippen MR) is 26.7 cm³/mol. The summed E-state index contributed by atoms with van der Waals surface area (Å²) in [5.74, 6) is 0. The average Bonchev–Trinajstić information content (AvgIpc) is 0.918. The second-order valence-corrected chi connectivity index (χ2v) is 0.316. The van der Waals surface area contributed by atoms with E-state index in [0.29, 0.717) is 0 Å². The van der Waals surface area contributed by atoms with Gasteiger partial charge < -0.3 is 10.6 Å². The quantitative estimate of drug-likeness (QED) is 0.502. The molecular formula is C2H9BrO2. The van der Waals surface area contributed by atoms with Crippen LogP contribution >= 0.6 is 17.0 Å². The van der Waals surface area contributed by atoms with Crippen molar-refractivity contribution in [2.45, 2.75) is 6.92 Å². The monoisotopic (exact) mass is 144 g/mol. The smallest absolute Gasteiger partial charge is 0.0402 e. The number of halogens is 1. The van der Waals surface area contributed by atoms with E-state index in [1.807, 2.05) is 0 Å². The summed E-state index contributed by atoms with van der Waals surface area (Å²) in [6.07, 6.45) is 0. The third-order valence-electron chi connectivity index (χ3n) is 0. The molecule has 0 amide bonds. The van der Waals surface area contributed by atoms with Gasteiger partial charge in [0.05, 0.1) is 0 Å². The fourth-order valence-electron chi connectivity index (χ4n) is 0. The zero-order valence-corrected chi connectivity index (χ0v) is 4.78. The van der Waals surface area contributed by atoms with Gasteiger partial charge in [0, 0.05) is 6.61 Å². The van der Waals surface area contributed by atoms with Crippen LogP contribution in [-0.4, -0.2) is 17.2 Å². The maximum absolute atomic E-state index is 7.57. The molecule has 0 rings (SSSR count). The Labute approximate surface area is 41.9 Å². The van der Waals surface area contributed by atoms with Gasteiger partial charge in [0.1, 0.15) is 0 Å². The predicted octanol–water partition coefficient (Wildman–Crippen LogP) is -0.248. The minimum Gasteiger partial charge on any atom is -0.412 e. The molecule has 0 aromatic rings. The van der Waals surface area contributed by atoms with E-state index in [1.54, 1.807) is 6.92 Å². The zero-order valence-electron chi connectivity index (χ0n) is 3.06. The molecule has 0 unspecified atom stereocenters. The van der Waals surface area contributed by atoms with Gasteiger partial charge in [-0.15, -0.1) is 17.0 Å². The molecule has 0 bridgehead atoms. The Morgan fingerprint density at radius 3 is 1.60 bits per heavy atom. The summed E-state index contributed by atoms with van der Waals surface area (Å²) in [5.41, 5.74) is 0. The average molecular weight is 145 g/mol. The fourth-order valence-corrected chi connectivity index (χ4v) is 0. The second-order valence-electron chi connectivity index (χ2n) is 0.316. The molecule has 3 N–H and O–H groups in total. The topological polar surface area (TPSA) is 51.7 Å². The summed E-state index contributed by atoms with van der Waals surface area (Å²) in [7, 11) is 0. The van der Waals surface area contributed by atoms with Crippen LogP contribution in [0.1, 0.15) is 6.92 Å². The molecule has 0 radical (unpaired) electrons. The van der Waals surface area contributed by atoms with Crippen LogP contribution in [0.3, 0.4) is 0 Å². The van der Waals surface area contributed by atoms with Crippen LogP contribution in [-0.2, 0) is 0 Å². The van der Waals surface area contributed by atoms with Crippen LogP contribution in [0.5, 0.6) is 0 Å². The Morgan fingerprint density at radius 2 is 1.60 bits per heavy atom. The van der Waals surface area contributed by atoms with Crippen LogP contribution in [0.15, 0.2) is 0 Å². The molecular weight excluding hydrogens is 136 g/mol. The van der Waals surface area contributed by atoms with E-state index in [4.69, 9.17) is 5.11 Å². The van der Waals surface area contributed by atoms with Crippen molar-refractivity contribution in [3.05, 3.63) is 0 Å². The largest absolute Gasteiger partial charge is 0.412 e. The Balaban J connectivity index is -0.0000000200. The number of hydrogen-bond acceptors (Lipinski definition) is 1. The van der Waals surface area contributed by atoms with Crippen molar-refractivity contribution < 1.29 is 10.6 Å². The van der Waals surface area contributed by atoms with Gasteiger partial charge in [0.25, 0.3) is 0 Å². The molecule has 0 spiro atoms. The molecule has 0 aromatic carbocycles. The summed E-state index contributed by atoms with van der Waals surface area (Å²) in [4.78, 5) is 0. The van der Waals surface area contributed by atoms with Gasteiger partial charge in [-0.1, -0.05) is 0 Å². The summed E-state index contributed by atoms with van der Waals surface area (Å²) in [6, 6.07) is 0. The van der Waals surface area contributed by atoms with E-state index in [2.05, 4.69) is 0 Å². The first-order valence-electron chi connectivity index (χ1n) is 1.02.